The molecule has 2 aliphatic rings. The number of piperazine rings is 1. The number of aromatic nitrogens is 3. The molecule has 2 saturated heterocycles. The minimum Gasteiger partial charge on any atom is -0.490 e. The molecule has 0 atom stereocenters. The SMILES string of the molecule is CC(=O)N1CCN(c2cc3c(cc2OCCN2CCOCC2)nc(Nc2c(C)cccc2Cl)c2cncn23)CC1. The molecule has 210 valence electrons. The van der Waals surface area contributed by atoms with Crippen LogP contribution in [0.1, 0.15) is 12.5 Å². The van der Waals surface area contributed by atoms with E-state index in [0.717, 1.165) is 85.2 Å². The number of anilines is 3. The highest BCUT2D eigenvalue weighted by Crippen LogP contribution is 2.36. The molecule has 2 aliphatic heterocycles. The average Bonchev–Trinajstić information content (AvgIpc) is 3.46. The Bertz CT molecular complexity index is 1510. The van der Waals surface area contributed by atoms with Gasteiger partial charge < -0.3 is 24.6 Å². The van der Waals surface area contributed by atoms with Crippen molar-refractivity contribution < 1.29 is 14.3 Å². The number of hydrogen-bond acceptors (Lipinski definition) is 8. The molecule has 0 radical (unpaired) electrons. The molecule has 0 saturated carbocycles. The lowest BCUT2D eigenvalue weighted by Crippen LogP contribution is -2.48. The summed E-state index contributed by atoms with van der Waals surface area (Å²) in [7, 11) is 0. The van der Waals surface area contributed by atoms with Gasteiger partial charge in [0.15, 0.2) is 5.82 Å². The van der Waals surface area contributed by atoms with Gasteiger partial charge in [-0.25, -0.2) is 9.97 Å². The summed E-state index contributed by atoms with van der Waals surface area (Å²) < 4.78 is 14.0. The molecule has 4 aromatic rings. The second kappa shape index (κ2) is 11.5. The third kappa shape index (κ3) is 5.39. The van der Waals surface area contributed by atoms with Crippen molar-refractivity contribution in [1.29, 1.82) is 0 Å². The molecule has 2 fully saturated rings. The second-order valence-electron chi connectivity index (χ2n) is 10.3. The van der Waals surface area contributed by atoms with Crippen molar-refractivity contribution in [1.82, 2.24) is 24.2 Å². The quantitative estimate of drug-likeness (QED) is 0.361. The summed E-state index contributed by atoms with van der Waals surface area (Å²) in [4.78, 5) is 27.9. The van der Waals surface area contributed by atoms with Crippen LogP contribution < -0.4 is 15.0 Å². The minimum absolute atomic E-state index is 0.109. The number of carbonyl (C=O) groups is 1. The number of ether oxygens (including phenoxy) is 2. The zero-order valence-electron chi connectivity index (χ0n) is 22.9. The van der Waals surface area contributed by atoms with E-state index in [-0.39, 0.29) is 5.91 Å². The number of amides is 1. The lowest BCUT2D eigenvalue weighted by atomic mass is 10.2. The van der Waals surface area contributed by atoms with Crippen LogP contribution in [-0.2, 0) is 9.53 Å². The highest BCUT2D eigenvalue weighted by atomic mass is 35.5. The van der Waals surface area contributed by atoms with Gasteiger partial charge in [-0.3, -0.25) is 14.1 Å². The lowest BCUT2D eigenvalue weighted by Gasteiger charge is -2.36. The number of rotatable bonds is 7. The molecule has 2 aromatic heterocycles. The Hall–Kier alpha value is -3.60. The fourth-order valence-corrected chi connectivity index (χ4v) is 5.67. The summed E-state index contributed by atoms with van der Waals surface area (Å²) in [5.74, 6) is 1.56. The molecular formula is C29H34ClN7O3. The largest absolute Gasteiger partial charge is 0.490 e. The predicted molar refractivity (Wildman–Crippen MR) is 157 cm³/mol. The summed E-state index contributed by atoms with van der Waals surface area (Å²) >= 11 is 6.53. The number of nitrogens with one attached hydrogen (secondary N) is 1. The van der Waals surface area contributed by atoms with Gasteiger partial charge in [-0.15, -0.1) is 0 Å². The normalized spacial score (nSPS) is 16.6. The molecule has 1 amide bonds. The van der Waals surface area contributed by atoms with E-state index in [1.54, 1.807) is 19.4 Å². The van der Waals surface area contributed by atoms with Crippen LogP contribution in [0.5, 0.6) is 5.75 Å². The van der Waals surface area contributed by atoms with Crippen LogP contribution in [0.2, 0.25) is 5.02 Å². The summed E-state index contributed by atoms with van der Waals surface area (Å²) in [6.07, 6.45) is 3.61. The number of hydrogen-bond donors (Lipinski definition) is 1. The molecule has 0 aliphatic carbocycles. The van der Waals surface area contributed by atoms with Crippen LogP contribution in [-0.4, -0.2) is 95.7 Å². The van der Waals surface area contributed by atoms with Gasteiger partial charge in [0.25, 0.3) is 0 Å². The van der Waals surface area contributed by atoms with Crippen molar-refractivity contribution in [3.05, 3.63) is 53.4 Å². The van der Waals surface area contributed by atoms with E-state index >= 15 is 0 Å². The highest BCUT2D eigenvalue weighted by molar-refractivity contribution is 6.33. The van der Waals surface area contributed by atoms with Crippen LogP contribution >= 0.6 is 11.6 Å². The van der Waals surface area contributed by atoms with Crippen molar-refractivity contribution in [2.45, 2.75) is 13.8 Å². The van der Waals surface area contributed by atoms with E-state index in [1.807, 2.05) is 40.5 Å². The third-order valence-electron chi connectivity index (χ3n) is 7.73. The summed E-state index contributed by atoms with van der Waals surface area (Å²) in [6, 6.07) is 9.97. The predicted octanol–water partition coefficient (Wildman–Crippen LogP) is 3.97. The number of nitrogens with zero attached hydrogens (tertiary/aromatic N) is 6. The first-order valence-electron chi connectivity index (χ1n) is 13.7. The smallest absolute Gasteiger partial charge is 0.219 e. The first-order chi connectivity index (χ1) is 19.5. The Kier molecular flexibility index (Phi) is 7.64. The van der Waals surface area contributed by atoms with Crippen molar-refractivity contribution in [3.63, 3.8) is 0 Å². The van der Waals surface area contributed by atoms with E-state index in [4.69, 9.17) is 26.1 Å². The minimum atomic E-state index is 0.109. The van der Waals surface area contributed by atoms with Gasteiger partial charge in [0.1, 0.15) is 17.9 Å². The molecule has 2 aromatic carbocycles. The summed E-state index contributed by atoms with van der Waals surface area (Å²) in [5, 5.41) is 4.08. The van der Waals surface area contributed by atoms with Gasteiger partial charge in [0.2, 0.25) is 5.91 Å². The number of halogens is 1. The number of aryl methyl sites for hydroxylation is 1. The van der Waals surface area contributed by atoms with Gasteiger partial charge in [0, 0.05) is 58.8 Å². The second-order valence-corrected chi connectivity index (χ2v) is 10.7. The van der Waals surface area contributed by atoms with Crippen molar-refractivity contribution in [2.24, 2.45) is 0 Å². The number of fused-ring (bicyclic) bond motifs is 3. The Morgan fingerprint density at radius 1 is 1.10 bits per heavy atom. The molecule has 0 unspecified atom stereocenters. The first-order valence-corrected chi connectivity index (χ1v) is 14.1. The fraction of sp³-hybridized carbons (Fsp3) is 0.414. The van der Waals surface area contributed by atoms with E-state index in [0.29, 0.717) is 30.5 Å². The molecule has 4 heterocycles. The molecule has 0 bridgehead atoms. The number of morpholine rings is 1. The molecule has 1 N–H and O–H groups in total. The van der Waals surface area contributed by atoms with E-state index in [1.165, 1.54) is 0 Å². The molecule has 40 heavy (non-hydrogen) atoms. The van der Waals surface area contributed by atoms with Crippen LogP contribution in [0.3, 0.4) is 0 Å². The van der Waals surface area contributed by atoms with Crippen LogP contribution in [0.4, 0.5) is 17.2 Å². The van der Waals surface area contributed by atoms with E-state index in [9.17, 15) is 4.79 Å². The van der Waals surface area contributed by atoms with E-state index < -0.39 is 0 Å². The van der Waals surface area contributed by atoms with Crippen LogP contribution in [0.25, 0.3) is 16.6 Å². The zero-order valence-corrected chi connectivity index (χ0v) is 23.7. The maximum absolute atomic E-state index is 11.9. The van der Waals surface area contributed by atoms with Crippen LogP contribution in [0, 0.1) is 6.92 Å². The average molecular weight is 564 g/mol. The third-order valence-corrected chi connectivity index (χ3v) is 8.04. The molecular weight excluding hydrogens is 530 g/mol. The monoisotopic (exact) mass is 563 g/mol. The molecule has 10 nitrogen and oxygen atoms in total. The molecule has 0 spiro atoms. The lowest BCUT2D eigenvalue weighted by molar-refractivity contribution is -0.129. The standard InChI is InChI=1S/C29H34ClN7O3/c1-20-4-3-5-22(30)28(20)33-29-26-18-31-19-37(26)24-17-25(36-8-6-35(7-9-36)21(2)38)27(16-23(24)32-29)40-15-12-34-10-13-39-14-11-34/h3-5,16-19H,6-15H2,1-2H3,(H,32,33). The Balaban J connectivity index is 1.37. The highest BCUT2D eigenvalue weighted by Gasteiger charge is 2.23. The van der Waals surface area contributed by atoms with Gasteiger partial charge in [-0.05, 0) is 24.6 Å². The Morgan fingerprint density at radius 2 is 1.90 bits per heavy atom. The van der Waals surface area contributed by atoms with Gasteiger partial charge in [-0.1, -0.05) is 23.7 Å². The summed E-state index contributed by atoms with van der Waals surface area (Å²) in [6.45, 7) is 11.2. The van der Waals surface area contributed by atoms with E-state index in [2.05, 4.69) is 26.2 Å². The first kappa shape index (κ1) is 26.6. The van der Waals surface area contributed by atoms with Crippen molar-refractivity contribution >= 4 is 51.3 Å². The maximum Gasteiger partial charge on any atom is 0.219 e. The number of carbonyl (C=O) groups excluding carboxylic acids is 1. The van der Waals surface area contributed by atoms with Gasteiger partial charge >= 0.3 is 0 Å². The maximum atomic E-state index is 11.9. The van der Waals surface area contributed by atoms with Gasteiger partial charge in [0.05, 0.1) is 53.2 Å². The van der Waals surface area contributed by atoms with Gasteiger partial charge in [-0.2, -0.15) is 0 Å². The molecule has 11 heteroatoms. The zero-order chi connectivity index (χ0) is 27.6. The van der Waals surface area contributed by atoms with Crippen molar-refractivity contribution in [2.75, 3.05) is 75.9 Å². The Morgan fingerprint density at radius 3 is 2.65 bits per heavy atom. The molecule has 6 rings (SSSR count). The Labute approximate surface area is 238 Å². The van der Waals surface area contributed by atoms with Crippen molar-refractivity contribution in [3.8, 4) is 5.75 Å². The fourth-order valence-electron chi connectivity index (χ4n) is 5.40. The number of imidazole rings is 1. The summed E-state index contributed by atoms with van der Waals surface area (Å²) in [5.41, 5.74) is 5.40. The topological polar surface area (TPSA) is 87.5 Å². The number of benzene rings is 2. The van der Waals surface area contributed by atoms with Crippen LogP contribution in [0.15, 0.2) is 42.9 Å². The number of para-hydroxylation sites is 1.